The van der Waals surface area contributed by atoms with E-state index in [4.69, 9.17) is 26.8 Å². The van der Waals surface area contributed by atoms with Gasteiger partial charge in [0.2, 0.25) is 11.2 Å². The van der Waals surface area contributed by atoms with E-state index >= 15 is 0 Å². The van der Waals surface area contributed by atoms with Crippen molar-refractivity contribution in [1.82, 2.24) is 29.2 Å². The second kappa shape index (κ2) is 17.0. The van der Waals surface area contributed by atoms with E-state index in [1.165, 1.54) is 0 Å². The van der Waals surface area contributed by atoms with E-state index in [-0.39, 0.29) is 35.2 Å². The number of ether oxygens (including phenoxy) is 2. The van der Waals surface area contributed by atoms with Crippen LogP contribution in [0.4, 0.5) is 22.0 Å². The lowest BCUT2D eigenvalue weighted by Crippen LogP contribution is -2.52. The highest BCUT2D eigenvalue weighted by Gasteiger charge is 2.34. The zero-order chi connectivity index (χ0) is 39.5. The molecule has 3 aliphatic heterocycles. The first-order valence-electron chi connectivity index (χ1n) is 19.6. The third-order valence-corrected chi connectivity index (χ3v) is 12.4. The lowest BCUT2D eigenvalue weighted by molar-refractivity contribution is -0.137. The van der Waals surface area contributed by atoms with Gasteiger partial charge in [-0.05, 0) is 88.4 Å². The summed E-state index contributed by atoms with van der Waals surface area (Å²) in [4.78, 5) is 57.0. The Morgan fingerprint density at radius 3 is 2.36 bits per heavy atom. The quantitative estimate of drug-likeness (QED) is 0.108. The lowest BCUT2D eigenvalue weighted by Gasteiger charge is -2.40. The van der Waals surface area contributed by atoms with E-state index in [1.54, 1.807) is 11.0 Å². The maximum atomic E-state index is 14.3. The van der Waals surface area contributed by atoms with E-state index in [2.05, 4.69) is 39.8 Å². The Morgan fingerprint density at radius 1 is 0.945 bits per heavy atom. The van der Waals surface area contributed by atoms with E-state index in [9.17, 15) is 14.4 Å². The molecule has 5 heterocycles. The van der Waals surface area contributed by atoms with Gasteiger partial charge in [0.05, 0.1) is 10.9 Å². The molecule has 0 saturated carbocycles. The Balaban J connectivity index is 1.06. The van der Waals surface area contributed by atoms with E-state index < -0.39 is 13.7 Å². The van der Waals surface area contributed by atoms with Crippen molar-refractivity contribution in [3.05, 3.63) is 41.3 Å². The number of piperazine rings is 1. The average molecular weight is 796 g/mol. The molecule has 0 radical (unpaired) electrons. The number of fused-ring (bicyclic) bond motifs is 1. The molecule has 3 amide bonds. The molecular weight excluding hydrogens is 738 g/mol. The molecule has 300 valence electrons. The Bertz CT molecular complexity index is 1850. The maximum absolute atomic E-state index is 14.3. The predicted octanol–water partition coefficient (Wildman–Crippen LogP) is 5.99. The highest BCUT2D eigenvalue weighted by atomic mass is 35.5. The molecule has 6 rings (SSSR count). The molecule has 16 heteroatoms. The van der Waals surface area contributed by atoms with Gasteiger partial charge in [0.25, 0.3) is 5.91 Å². The fourth-order valence-corrected chi connectivity index (χ4v) is 8.42. The van der Waals surface area contributed by atoms with Gasteiger partial charge in [0, 0.05) is 96.6 Å². The minimum atomic E-state index is -1.20. The summed E-state index contributed by atoms with van der Waals surface area (Å²) in [5.41, 5.74) is 8.32. The third kappa shape index (κ3) is 10.4. The Labute approximate surface area is 330 Å². The number of amides is 3. The predicted molar refractivity (Wildman–Crippen MR) is 219 cm³/mol. The van der Waals surface area contributed by atoms with Crippen LogP contribution in [0.3, 0.4) is 0 Å². The normalized spacial score (nSPS) is 18.9. The summed E-state index contributed by atoms with van der Waals surface area (Å²) < 4.78 is 13.4. The molecule has 2 aromatic heterocycles. The number of carbonyl (C=O) groups excluding carboxylic acids is 3. The largest absolute Gasteiger partial charge is 0.444 e. The van der Waals surface area contributed by atoms with Crippen LogP contribution in [0, 0.1) is 5.92 Å². The monoisotopic (exact) mass is 795 g/mol. The summed E-state index contributed by atoms with van der Waals surface area (Å²) in [6.45, 7) is 18.1. The van der Waals surface area contributed by atoms with Crippen LogP contribution in [0.25, 0.3) is 11.0 Å². The number of anilines is 3. The van der Waals surface area contributed by atoms with Gasteiger partial charge in [0.1, 0.15) is 23.8 Å². The van der Waals surface area contributed by atoms with E-state index in [1.807, 2.05) is 59.5 Å². The van der Waals surface area contributed by atoms with Crippen LogP contribution in [0.2, 0.25) is 31.0 Å². The molecule has 55 heavy (non-hydrogen) atoms. The van der Waals surface area contributed by atoms with Gasteiger partial charge >= 0.3 is 6.09 Å². The number of piperidine rings is 2. The molecule has 0 bridgehead atoms. The third-order valence-electron chi connectivity index (χ3n) is 10.5. The first kappa shape index (κ1) is 40.6. The van der Waals surface area contributed by atoms with Gasteiger partial charge in [-0.15, -0.1) is 0 Å². The molecule has 0 aliphatic carbocycles. The van der Waals surface area contributed by atoms with Gasteiger partial charge < -0.3 is 44.7 Å². The second-order valence-corrected chi connectivity index (χ2v) is 23.2. The van der Waals surface area contributed by atoms with Crippen LogP contribution in [0.5, 0.6) is 0 Å². The summed E-state index contributed by atoms with van der Waals surface area (Å²) in [5, 5.41) is 4.57. The van der Waals surface area contributed by atoms with Crippen LogP contribution in [-0.4, -0.2) is 126 Å². The van der Waals surface area contributed by atoms with Gasteiger partial charge in [-0.3, -0.25) is 9.59 Å². The number of rotatable bonds is 10. The molecule has 3 N–H and O–H groups in total. The molecule has 14 nitrogen and oxygen atoms in total. The van der Waals surface area contributed by atoms with Crippen molar-refractivity contribution in [2.45, 2.75) is 90.5 Å². The molecule has 3 aliphatic rings. The van der Waals surface area contributed by atoms with Gasteiger partial charge in [-0.25, -0.2) is 9.78 Å². The number of likely N-dealkylation sites (tertiary alicyclic amines) is 2. The number of carbonyl (C=O) groups is 3. The van der Waals surface area contributed by atoms with Crippen molar-refractivity contribution in [2.24, 2.45) is 5.92 Å². The number of halogens is 1. The Hall–Kier alpha value is -4.08. The van der Waals surface area contributed by atoms with Crippen molar-refractivity contribution in [3.8, 4) is 0 Å². The highest BCUT2D eigenvalue weighted by molar-refractivity contribution is 6.76. The molecule has 0 spiro atoms. The number of hydrogen-bond acceptors (Lipinski definition) is 10. The fraction of sp³-hybridized carbons (Fsp3) is 0.615. The summed E-state index contributed by atoms with van der Waals surface area (Å²) in [6, 6.07) is 8.54. The molecule has 0 unspecified atom stereocenters. The number of aromatic nitrogens is 3. The maximum Gasteiger partial charge on any atom is 0.410 e. The van der Waals surface area contributed by atoms with Crippen LogP contribution in [-0.2, 0) is 21.0 Å². The summed E-state index contributed by atoms with van der Waals surface area (Å²) >= 11 is 6.42. The van der Waals surface area contributed by atoms with Crippen molar-refractivity contribution in [1.29, 1.82) is 0 Å². The molecule has 1 atom stereocenters. The summed E-state index contributed by atoms with van der Waals surface area (Å²) in [5.74, 6) is 0.582. The van der Waals surface area contributed by atoms with Gasteiger partial charge in [0.15, 0.2) is 0 Å². The smallest absolute Gasteiger partial charge is 0.410 e. The first-order valence-corrected chi connectivity index (χ1v) is 23.7. The van der Waals surface area contributed by atoms with Crippen molar-refractivity contribution in [3.63, 3.8) is 0 Å². The number of nitrogens with one attached hydrogen (secondary N) is 1. The zero-order valence-corrected chi connectivity index (χ0v) is 35.0. The zero-order valence-electron chi connectivity index (χ0n) is 33.3. The minimum Gasteiger partial charge on any atom is -0.444 e. The Kier molecular flexibility index (Phi) is 12.5. The molecule has 3 saturated heterocycles. The number of nitrogens with two attached hydrogens (primary N) is 1. The SMILES string of the molecule is CC(C)(C)OC(=O)N1CCC(C(=O)N2CCN(c3ccc(N)cc3C(=O)N3CCC[C@@H](Nc4nc(Cl)nc5c4ccn5COCC[Si](C)(C)C)C3)CC2)CC1. The molecular formula is C39H58ClN9O5Si. The van der Waals surface area contributed by atoms with E-state index in [0.717, 1.165) is 30.0 Å². The number of benzene rings is 1. The van der Waals surface area contributed by atoms with E-state index in [0.29, 0.717) is 101 Å². The van der Waals surface area contributed by atoms with Gasteiger partial charge in [-0.1, -0.05) is 19.6 Å². The average Bonchev–Trinajstić information content (AvgIpc) is 3.54. The van der Waals surface area contributed by atoms with Crippen LogP contribution >= 0.6 is 11.6 Å². The number of nitrogen functional groups attached to an aromatic ring is 1. The summed E-state index contributed by atoms with van der Waals surface area (Å²) in [6.07, 6.45) is 4.56. The standard InChI is InChI=1S/C39H58ClN9O5Si/c1-39(2,3)54-38(52)47-15-11-27(12-16-47)35(50)46-20-18-45(19-21-46)32-10-9-28(41)24-31(32)36(51)48-14-7-8-29(25-48)42-33-30-13-17-49(34(30)44-37(40)43-33)26-53-22-23-55(4,5)6/h9-10,13,17,24,27,29H,7-8,11-12,14-16,18-23,25-26,41H2,1-6H3,(H,42,43,44)/t29-/m1/s1. The van der Waals surface area contributed by atoms with Crippen LogP contribution < -0.4 is 16.0 Å². The Morgan fingerprint density at radius 2 is 1.67 bits per heavy atom. The number of hydrogen-bond donors (Lipinski definition) is 2. The van der Waals surface area contributed by atoms with Crippen LogP contribution in [0.15, 0.2) is 30.5 Å². The molecule has 1 aromatic carbocycles. The summed E-state index contributed by atoms with van der Waals surface area (Å²) in [7, 11) is -1.20. The van der Waals surface area contributed by atoms with Gasteiger partial charge in [-0.2, -0.15) is 4.98 Å². The molecule has 3 aromatic rings. The number of nitrogens with zero attached hydrogens (tertiary/aromatic N) is 7. The topological polar surface area (TPSA) is 151 Å². The minimum absolute atomic E-state index is 0.0433. The molecule has 3 fully saturated rings. The highest BCUT2D eigenvalue weighted by Crippen LogP contribution is 2.30. The first-order chi connectivity index (χ1) is 26.0. The van der Waals surface area contributed by atoms with Crippen molar-refractivity contribution >= 4 is 65.8 Å². The second-order valence-electron chi connectivity index (χ2n) is 17.3. The van der Waals surface area contributed by atoms with Crippen molar-refractivity contribution < 1.29 is 23.9 Å². The van der Waals surface area contributed by atoms with Crippen LogP contribution in [0.1, 0.15) is 56.8 Å². The fourth-order valence-electron chi connectivity index (χ4n) is 7.50. The lowest BCUT2D eigenvalue weighted by atomic mass is 9.95. The van der Waals surface area contributed by atoms with Crippen molar-refractivity contribution in [2.75, 3.05) is 74.9 Å².